The molecule has 0 amide bonds. The van der Waals surface area contributed by atoms with Crippen LogP contribution in [-0.2, 0) is 0 Å². The van der Waals surface area contributed by atoms with Gasteiger partial charge in [-0.15, -0.1) is 0 Å². The molecule has 0 aromatic heterocycles. The van der Waals surface area contributed by atoms with Crippen molar-refractivity contribution < 1.29 is 13.9 Å². The SMILES string of the molecule is CC(F)(F)C(O)CN. The van der Waals surface area contributed by atoms with E-state index in [4.69, 9.17) is 10.8 Å². The standard InChI is InChI=1S/C4H9F2NO/c1-4(5,6)3(8)2-7/h3,8H,2,7H2,1H3. The Bertz CT molecular complexity index is 70.9. The van der Waals surface area contributed by atoms with E-state index in [-0.39, 0.29) is 0 Å². The van der Waals surface area contributed by atoms with Crippen molar-refractivity contribution in [2.24, 2.45) is 5.73 Å². The molecule has 0 fully saturated rings. The normalized spacial score (nSPS) is 16.1. The number of alkyl halides is 2. The van der Waals surface area contributed by atoms with Crippen molar-refractivity contribution in [1.29, 1.82) is 0 Å². The Morgan fingerprint density at radius 1 is 1.75 bits per heavy atom. The van der Waals surface area contributed by atoms with E-state index in [1.165, 1.54) is 0 Å². The van der Waals surface area contributed by atoms with E-state index < -0.39 is 18.6 Å². The largest absolute Gasteiger partial charge is 0.386 e. The Morgan fingerprint density at radius 2 is 2.12 bits per heavy atom. The fourth-order valence-electron chi connectivity index (χ4n) is 0.207. The van der Waals surface area contributed by atoms with Crippen LogP contribution in [0.25, 0.3) is 0 Å². The maximum Gasteiger partial charge on any atom is 0.271 e. The molecule has 0 aliphatic carbocycles. The smallest absolute Gasteiger partial charge is 0.271 e. The maximum atomic E-state index is 11.8. The fraction of sp³-hybridized carbons (Fsp3) is 1.00. The van der Waals surface area contributed by atoms with Crippen molar-refractivity contribution in [3.63, 3.8) is 0 Å². The molecule has 0 radical (unpaired) electrons. The van der Waals surface area contributed by atoms with Gasteiger partial charge >= 0.3 is 0 Å². The molecule has 0 saturated carbocycles. The number of hydrogen-bond acceptors (Lipinski definition) is 2. The second-order valence-electron chi connectivity index (χ2n) is 1.71. The lowest BCUT2D eigenvalue weighted by Crippen LogP contribution is -2.36. The highest BCUT2D eigenvalue weighted by Gasteiger charge is 2.30. The summed E-state index contributed by atoms with van der Waals surface area (Å²) in [6.45, 7) is 0.230. The number of aliphatic hydroxyl groups is 1. The highest BCUT2D eigenvalue weighted by Crippen LogP contribution is 2.15. The molecule has 1 unspecified atom stereocenters. The average molecular weight is 125 g/mol. The molecule has 1 atom stereocenters. The molecular formula is C4H9F2NO. The molecule has 0 spiro atoms. The lowest BCUT2D eigenvalue weighted by molar-refractivity contribution is -0.0878. The Kier molecular flexibility index (Phi) is 2.30. The summed E-state index contributed by atoms with van der Waals surface area (Å²) in [6.07, 6.45) is -1.71. The van der Waals surface area contributed by atoms with Gasteiger partial charge in [0.15, 0.2) is 0 Å². The topological polar surface area (TPSA) is 46.2 Å². The van der Waals surface area contributed by atoms with E-state index in [1.54, 1.807) is 0 Å². The van der Waals surface area contributed by atoms with Gasteiger partial charge in [0.05, 0.1) is 0 Å². The van der Waals surface area contributed by atoms with Gasteiger partial charge < -0.3 is 10.8 Å². The van der Waals surface area contributed by atoms with Crippen LogP contribution in [0.3, 0.4) is 0 Å². The van der Waals surface area contributed by atoms with Gasteiger partial charge in [0, 0.05) is 13.5 Å². The fourth-order valence-corrected chi connectivity index (χ4v) is 0.207. The first-order valence-corrected chi connectivity index (χ1v) is 2.24. The molecule has 0 saturated heterocycles. The predicted octanol–water partition coefficient (Wildman–Crippen LogP) is -0.0388. The zero-order valence-corrected chi connectivity index (χ0v) is 4.56. The predicted molar refractivity (Wildman–Crippen MR) is 25.7 cm³/mol. The van der Waals surface area contributed by atoms with Crippen molar-refractivity contribution in [1.82, 2.24) is 0 Å². The van der Waals surface area contributed by atoms with Crippen molar-refractivity contribution in [3.8, 4) is 0 Å². The van der Waals surface area contributed by atoms with Crippen molar-refractivity contribution in [3.05, 3.63) is 0 Å². The Labute approximate surface area is 46.3 Å². The van der Waals surface area contributed by atoms with Crippen LogP contribution >= 0.6 is 0 Å². The van der Waals surface area contributed by atoms with Crippen molar-refractivity contribution >= 4 is 0 Å². The number of aliphatic hydroxyl groups excluding tert-OH is 1. The van der Waals surface area contributed by atoms with Crippen LogP contribution in [0.1, 0.15) is 6.92 Å². The van der Waals surface area contributed by atoms with Crippen LogP contribution in [0.2, 0.25) is 0 Å². The summed E-state index contributed by atoms with van der Waals surface area (Å²) in [5.74, 6) is -3.06. The molecule has 0 rings (SSSR count). The van der Waals surface area contributed by atoms with Crippen molar-refractivity contribution in [2.75, 3.05) is 6.54 Å². The van der Waals surface area contributed by atoms with Crippen molar-refractivity contribution in [2.45, 2.75) is 19.0 Å². The number of rotatable bonds is 2. The first kappa shape index (κ1) is 7.78. The molecular weight excluding hydrogens is 116 g/mol. The maximum absolute atomic E-state index is 11.8. The minimum Gasteiger partial charge on any atom is -0.386 e. The van der Waals surface area contributed by atoms with Gasteiger partial charge in [0.25, 0.3) is 5.92 Å². The van der Waals surface area contributed by atoms with Gasteiger partial charge in [-0.25, -0.2) is 8.78 Å². The van der Waals surface area contributed by atoms with Gasteiger partial charge in [-0.3, -0.25) is 0 Å². The summed E-state index contributed by atoms with van der Waals surface area (Å²) >= 11 is 0. The van der Waals surface area contributed by atoms with Gasteiger partial charge in [0.2, 0.25) is 0 Å². The molecule has 50 valence electrons. The van der Waals surface area contributed by atoms with E-state index in [1.807, 2.05) is 0 Å². The molecule has 0 aliphatic rings. The molecule has 0 heterocycles. The molecule has 0 aliphatic heterocycles. The van der Waals surface area contributed by atoms with E-state index in [0.29, 0.717) is 6.92 Å². The monoisotopic (exact) mass is 125 g/mol. The van der Waals surface area contributed by atoms with Gasteiger partial charge in [-0.05, 0) is 0 Å². The third kappa shape index (κ3) is 2.18. The van der Waals surface area contributed by atoms with Gasteiger partial charge in [-0.2, -0.15) is 0 Å². The number of hydrogen-bond donors (Lipinski definition) is 2. The first-order valence-electron chi connectivity index (χ1n) is 2.24. The number of halogens is 2. The highest BCUT2D eigenvalue weighted by molar-refractivity contribution is 4.70. The average Bonchev–Trinajstić information content (AvgIpc) is 1.62. The molecule has 3 N–H and O–H groups in total. The van der Waals surface area contributed by atoms with E-state index in [9.17, 15) is 8.78 Å². The minimum atomic E-state index is -3.06. The Balaban J connectivity index is 3.62. The zero-order valence-electron chi connectivity index (χ0n) is 4.56. The quantitative estimate of drug-likeness (QED) is 0.544. The Hall–Kier alpha value is -0.220. The summed E-state index contributed by atoms with van der Waals surface area (Å²) in [5.41, 5.74) is 4.73. The molecule has 0 aromatic carbocycles. The lowest BCUT2D eigenvalue weighted by Gasteiger charge is -2.14. The summed E-state index contributed by atoms with van der Waals surface area (Å²) in [6, 6.07) is 0. The Morgan fingerprint density at radius 3 is 2.12 bits per heavy atom. The summed E-state index contributed by atoms with van der Waals surface area (Å²) in [4.78, 5) is 0. The van der Waals surface area contributed by atoms with Crippen LogP contribution in [0, 0.1) is 0 Å². The second-order valence-corrected chi connectivity index (χ2v) is 1.71. The summed E-state index contributed by atoms with van der Waals surface area (Å²) < 4.78 is 23.6. The lowest BCUT2D eigenvalue weighted by atomic mass is 10.2. The van der Waals surface area contributed by atoms with E-state index in [2.05, 4.69) is 0 Å². The van der Waals surface area contributed by atoms with Crippen LogP contribution in [0.15, 0.2) is 0 Å². The van der Waals surface area contributed by atoms with E-state index >= 15 is 0 Å². The van der Waals surface area contributed by atoms with Crippen LogP contribution in [0.4, 0.5) is 8.78 Å². The molecule has 4 heteroatoms. The van der Waals surface area contributed by atoms with Crippen LogP contribution in [0.5, 0.6) is 0 Å². The highest BCUT2D eigenvalue weighted by atomic mass is 19.3. The third-order valence-electron chi connectivity index (χ3n) is 0.808. The van der Waals surface area contributed by atoms with Crippen LogP contribution < -0.4 is 5.73 Å². The summed E-state index contributed by atoms with van der Waals surface area (Å²) in [5, 5.41) is 8.32. The van der Waals surface area contributed by atoms with Crippen LogP contribution in [-0.4, -0.2) is 23.7 Å². The molecule has 2 nitrogen and oxygen atoms in total. The minimum absolute atomic E-state index is 0.399. The zero-order chi connectivity index (χ0) is 6.78. The second kappa shape index (κ2) is 2.37. The van der Waals surface area contributed by atoms with Gasteiger partial charge in [-0.1, -0.05) is 0 Å². The summed E-state index contributed by atoms with van der Waals surface area (Å²) in [7, 11) is 0. The van der Waals surface area contributed by atoms with Gasteiger partial charge in [0.1, 0.15) is 6.10 Å². The molecule has 0 aromatic rings. The third-order valence-corrected chi connectivity index (χ3v) is 0.808. The number of nitrogens with two attached hydrogens (primary N) is 1. The first-order chi connectivity index (χ1) is 3.48. The molecule has 8 heavy (non-hydrogen) atoms. The molecule has 0 bridgehead atoms. The van der Waals surface area contributed by atoms with E-state index in [0.717, 1.165) is 0 Å².